The van der Waals surface area contributed by atoms with Crippen molar-refractivity contribution < 1.29 is 4.42 Å². The third kappa shape index (κ3) is 1.88. The fourth-order valence-electron chi connectivity index (χ4n) is 1.62. The lowest BCUT2D eigenvalue weighted by atomic mass is 10.2. The van der Waals surface area contributed by atoms with Gasteiger partial charge in [0.15, 0.2) is 0 Å². The van der Waals surface area contributed by atoms with Gasteiger partial charge in [-0.1, -0.05) is 0 Å². The molecule has 86 valence electrons. The largest absolute Gasteiger partial charge is 0.460 e. The average molecular weight is 219 g/mol. The number of aryl methyl sites for hydroxylation is 1. The van der Waals surface area contributed by atoms with Crippen LogP contribution in [0.1, 0.15) is 31.3 Å². The highest BCUT2D eigenvalue weighted by atomic mass is 16.3. The zero-order chi connectivity index (χ0) is 11.7. The Balaban J connectivity index is 2.39. The molecule has 2 aromatic rings. The van der Waals surface area contributed by atoms with E-state index >= 15 is 0 Å². The van der Waals surface area contributed by atoms with Gasteiger partial charge < -0.3 is 10.2 Å². The van der Waals surface area contributed by atoms with Crippen molar-refractivity contribution in [3.8, 4) is 11.3 Å². The molecule has 0 aromatic carbocycles. The van der Waals surface area contributed by atoms with Crippen molar-refractivity contribution in [2.24, 2.45) is 5.73 Å². The molecule has 0 fully saturated rings. The maximum Gasteiger partial charge on any atom is 0.137 e. The Hall–Kier alpha value is -1.55. The SMILES string of the molecule is Cc1nn(C(C)C)cc1-c1ccc(CN)o1. The molecule has 0 aliphatic rings. The number of aromatic nitrogens is 2. The quantitative estimate of drug-likeness (QED) is 0.862. The Morgan fingerprint density at radius 3 is 2.69 bits per heavy atom. The smallest absolute Gasteiger partial charge is 0.137 e. The van der Waals surface area contributed by atoms with Crippen LogP contribution < -0.4 is 5.73 Å². The van der Waals surface area contributed by atoms with Crippen molar-refractivity contribution in [1.29, 1.82) is 0 Å². The lowest BCUT2D eigenvalue weighted by Crippen LogP contribution is -2.00. The molecule has 2 aromatic heterocycles. The minimum atomic E-state index is 0.358. The maximum absolute atomic E-state index is 5.61. The predicted octanol–water partition coefficient (Wildman–Crippen LogP) is 2.49. The van der Waals surface area contributed by atoms with Crippen molar-refractivity contribution in [2.45, 2.75) is 33.4 Å². The number of hydrogen-bond donors (Lipinski definition) is 1. The van der Waals surface area contributed by atoms with Gasteiger partial charge in [0.2, 0.25) is 0 Å². The topological polar surface area (TPSA) is 57.0 Å². The average Bonchev–Trinajstić information content (AvgIpc) is 2.83. The third-order valence-electron chi connectivity index (χ3n) is 2.57. The summed E-state index contributed by atoms with van der Waals surface area (Å²) in [6, 6.07) is 4.20. The standard InChI is InChI=1S/C12H17N3O/c1-8(2)15-7-11(9(3)14-15)12-5-4-10(6-13)16-12/h4-5,7-8H,6,13H2,1-3H3. The maximum atomic E-state index is 5.61. The third-order valence-corrected chi connectivity index (χ3v) is 2.57. The molecule has 0 aliphatic heterocycles. The van der Waals surface area contributed by atoms with E-state index in [4.69, 9.17) is 10.2 Å². The van der Waals surface area contributed by atoms with Crippen molar-refractivity contribution >= 4 is 0 Å². The molecule has 2 N–H and O–H groups in total. The normalized spacial score (nSPS) is 11.3. The zero-order valence-corrected chi connectivity index (χ0v) is 9.90. The Morgan fingerprint density at radius 2 is 2.19 bits per heavy atom. The number of nitrogens with zero attached hydrogens (tertiary/aromatic N) is 2. The number of nitrogens with two attached hydrogens (primary N) is 1. The highest BCUT2D eigenvalue weighted by molar-refractivity contribution is 5.59. The van der Waals surface area contributed by atoms with Gasteiger partial charge in [-0.05, 0) is 32.9 Å². The zero-order valence-electron chi connectivity index (χ0n) is 9.90. The summed E-state index contributed by atoms with van der Waals surface area (Å²) >= 11 is 0. The molecule has 0 unspecified atom stereocenters. The van der Waals surface area contributed by atoms with Crippen LogP contribution in [0.4, 0.5) is 0 Å². The van der Waals surface area contributed by atoms with E-state index in [2.05, 4.69) is 18.9 Å². The molecule has 0 saturated heterocycles. The van der Waals surface area contributed by atoms with Crippen LogP contribution >= 0.6 is 0 Å². The minimum absolute atomic E-state index is 0.358. The fraction of sp³-hybridized carbons (Fsp3) is 0.417. The van der Waals surface area contributed by atoms with Gasteiger partial charge in [-0.25, -0.2) is 0 Å². The van der Waals surface area contributed by atoms with E-state index in [1.165, 1.54) is 0 Å². The second kappa shape index (κ2) is 4.14. The highest BCUT2D eigenvalue weighted by Gasteiger charge is 2.12. The Bertz CT molecular complexity index is 482. The monoisotopic (exact) mass is 219 g/mol. The van der Waals surface area contributed by atoms with E-state index < -0.39 is 0 Å². The van der Waals surface area contributed by atoms with Crippen LogP contribution in [0.5, 0.6) is 0 Å². The van der Waals surface area contributed by atoms with E-state index in [-0.39, 0.29) is 0 Å². The second-order valence-corrected chi connectivity index (χ2v) is 4.17. The second-order valence-electron chi connectivity index (χ2n) is 4.17. The minimum Gasteiger partial charge on any atom is -0.460 e. The Morgan fingerprint density at radius 1 is 1.44 bits per heavy atom. The van der Waals surface area contributed by atoms with Gasteiger partial charge >= 0.3 is 0 Å². The van der Waals surface area contributed by atoms with Crippen LogP contribution in [0.25, 0.3) is 11.3 Å². The Labute approximate surface area is 95.1 Å². The van der Waals surface area contributed by atoms with Crippen LogP contribution in [0.15, 0.2) is 22.7 Å². The molecule has 2 rings (SSSR count). The predicted molar refractivity (Wildman–Crippen MR) is 62.9 cm³/mol. The molecule has 0 atom stereocenters. The van der Waals surface area contributed by atoms with E-state index in [1.807, 2.05) is 29.9 Å². The van der Waals surface area contributed by atoms with Gasteiger partial charge in [-0.2, -0.15) is 5.10 Å². The molecule has 4 nitrogen and oxygen atoms in total. The van der Waals surface area contributed by atoms with Gasteiger partial charge in [0.1, 0.15) is 11.5 Å². The first kappa shape index (κ1) is 11.0. The summed E-state index contributed by atoms with van der Waals surface area (Å²) in [5.41, 5.74) is 7.53. The molecule has 2 heterocycles. The summed E-state index contributed by atoms with van der Waals surface area (Å²) in [6.45, 7) is 6.61. The summed E-state index contributed by atoms with van der Waals surface area (Å²) in [5, 5.41) is 4.45. The number of hydrogen-bond acceptors (Lipinski definition) is 3. The molecule has 0 aliphatic carbocycles. The van der Waals surface area contributed by atoms with Crippen molar-refractivity contribution in [3.63, 3.8) is 0 Å². The first-order valence-corrected chi connectivity index (χ1v) is 5.46. The van der Waals surface area contributed by atoms with Crippen LogP contribution in [0.2, 0.25) is 0 Å². The lowest BCUT2D eigenvalue weighted by molar-refractivity contribution is 0.523. The van der Waals surface area contributed by atoms with E-state index in [0.29, 0.717) is 12.6 Å². The van der Waals surface area contributed by atoms with E-state index in [0.717, 1.165) is 22.8 Å². The van der Waals surface area contributed by atoms with Crippen LogP contribution in [-0.2, 0) is 6.54 Å². The molecular weight excluding hydrogens is 202 g/mol. The molecule has 0 bridgehead atoms. The van der Waals surface area contributed by atoms with Crippen LogP contribution in [0, 0.1) is 6.92 Å². The Kier molecular flexibility index (Phi) is 2.83. The highest BCUT2D eigenvalue weighted by Crippen LogP contribution is 2.25. The van der Waals surface area contributed by atoms with Crippen LogP contribution in [0.3, 0.4) is 0 Å². The molecule has 0 radical (unpaired) electrons. The molecule has 0 saturated carbocycles. The summed E-state index contributed by atoms with van der Waals surface area (Å²) < 4.78 is 7.55. The summed E-state index contributed by atoms with van der Waals surface area (Å²) in [7, 11) is 0. The first-order valence-electron chi connectivity index (χ1n) is 5.46. The van der Waals surface area contributed by atoms with Gasteiger partial charge in [-0.3, -0.25) is 4.68 Å². The van der Waals surface area contributed by atoms with Crippen molar-refractivity contribution in [2.75, 3.05) is 0 Å². The van der Waals surface area contributed by atoms with E-state index in [1.54, 1.807) is 0 Å². The lowest BCUT2D eigenvalue weighted by Gasteiger charge is -2.02. The molecule has 4 heteroatoms. The van der Waals surface area contributed by atoms with Crippen LogP contribution in [-0.4, -0.2) is 9.78 Å². The van der Waals surface area contributed by atoms with Gasteiger partial charge in [0, 0.05) is 12.2 Å². The molecule has 0 spiro atoms. The number of furan rings is 1. The molecule has 16 heavy (non-hydrogen) atoms. The number of rotatable bonds is 3. The van der Waals surface area contributed by atoms with Gasteiger partial charge in [0.05, 0.1) is 17.8 Å². The summed E-state index contributed by atoms with van der Waals surface area (Å²) in [4.78, 5) is 0. The van der Waals surface area contributed by atoms with Crippen molar-refractivity contribution in [3.05, 3.63) is 29.8 Å². The van der Waals surface area contributed by atoms with E-state index in [9.17, 15) is 0 Å². The summed E-state index contributed by atoms with van der Waals surface area (Å²) in [5.74, 6) is 1.64. The first-order chi connectivity index (χ1) is 7.61. The molecular formula is C12H17N3O. The summed E-state index contributed by atoms with van der Waals surface area (Å²) in [6.07, 6.45) is 2.01. The van der Waals surface area contributed by atoms with Gasteiger partial charge in [-0.15, -0.1) is 0 Å². The van der Waals surface area contributed by atoms with Gasteiger partial charge in [0.25, 0.3) is 0 Å². The fourth-order valence-corrected chi connectivity index (χ4v) is 1.62. The molecule has 0 amide bonds. The van der Waals surface area contributed by atoms with Crippen molar-refractivity contribution in [1.82, 2.24) is 9.78 Å².